The molecule has 0 amide bonds. The van der Waals surface area contributed by atoms with Gasteiger partial charge in [0.25, 0.3) is 0 Å². The second-order valence-corrected chi connectivity index (χ2v) is 5.74. The smallest absolute Gasteiger partial charge is 0.305 e. The van der Waals surface area contributed by atoms with Crippen molar-refractivity contribution in [2.24, 2.45) is 0 Å². The van der Waals surface area contributed by atoms with E-state index >= 15 is 0 Å². The molecular weight excluding hydrogens is 262 g/mol. The Morgan fingerprint density at radius 3 is 3.21 bits per heavy atom. The number of thiazole rings is 1. The molecule has 106 valence electrons. The summed E-state index contributed by atoms with van der Waals surface area (Å²) >= 11 is 1.60. The third-order valence-electron chi connectivity index (χ3n) is 3.53. The second kappa shape index (κ2) is 6.86. The zero-order valence-corrected chi connectivity index (χ0v) is 12.3. The van der Waals surface area contributed by atoms with Gasteiger partial charge in [-0.15, -0.1) is 11.3 Å². The molecule has 6 heteroatoms. The number of nitrogens with zero attached hydrogens (tertiary/aromatic N) is 2. The molecule has 19 heavy (non-hydrogen) atoms. The standard InChI is InChI=1S/C13H21N3O2S/c1-16-7-3-4-11(16)8-14-13-15-10(9-19-13)5-6-12(17)18-2/h9,11H,3-8H2,1-2H3,(H,14,15). The molecule has 2 heterocycles. The lowest BCUT2D eigenvalue weighted by molar-refractivity contribution is -0.140. The first-order valence-electron chi connectivity index (χ1n) is 6.64. The van der Waals surface area contributed by atoms with Crippen LogP contribution < -0.4 is 5.32 Å². The van der Waals surface area contributed by atoms with E-state index < -0.39 is 0 Å². The van der Waals surface area contributed by atoms with E-state index in [1.807, 2.05) is 5.38 Å². The van der Waals surface area contributed by atoms with Crippen LogP contribution in [-0.4, -0.2) is 49.1 Å². The Labute approximate surface area is 118 Å². The number of hydrogen-bond donors (Lipinski definition) is 1. The fraction of sp³-hybridized carbons (Fsp3) is 0.692. The van der Waals surface area contributed by atoms with Gasteiger partial charge in [0.1, 0.15) is 0 Å². The van der Waals surface area contributed by atoms with Crippen molar-refractivity contribution < 1.29 is 9.53 Å². The number of carbonyl (C=O) groups excluding carboxylic acids is 1. The molecule has 0 spiro atoms. The number of anilines is 1. The molecule has 0 bridgehead atoms. The normalized spacial score (nSPS) is 19.6. The average molecular weight is 283 g/mol. The Kier molecular flexibility index (Phi) is 5.15. The van der Waals surface area contributed by atoms with Crippen LogP contribution in [0.15, 0.2) is 5.38 Å². The van der Waals surface area contributed by atoms with Crippen molar-refractivity contribution in [3.63, 3.8) is 0 Å². The first kappa shape index (κ1) is 14.3. The summed E-state index contributed by atoms with van der Waals surface area (Å²) in [6.45, 7) is 2.13. The highest BCUT2D eigenvalue weighted by molar-refractivity contribution is 7.13. The molecule has 1 aliphatic rings. The Morgan fingerprint density at radius 2 is 2.53 bits per heavy atom. The van der Waals surface area contributed by atoms with Crippen LogP contribution in [0.25, 0.3) is 0 Å². The van der Waals surface area contributed by atoms with Gasteiger partial charge < -0.3 is 15.0 Å². The maximum Gasteiger partial charge on any atom is 0.305 e. The Morgan fingerprint density at radius 1 is 1.68 bits per heavy atom. The lowest BCUT2D eigenvalue weighted by Gasteiger charge is -2.19. The molecule has 0 aliphatic carbocycles. The fourth-order valence-electron chi connectivity index (χ4n) is 2.28. The van der Waals surface area contributed by atoms with E-state index in [0.717, 1.165) is 17.4 Å². The van der Waals surface area contributed by atoms with E-state index in [9.17, 15) is 4.79 Å². The van der Waals surface area contributed by atoms with Crippen LogP contribution in [-0.2, 0) is 16.0 Å². The molecule has 1 atom stereocenters. The van der Waals surface area contributed by atoms with Gasteiger partial charge >= 0.3 is 5.97 Å². The van der Waals surface area contributed by atoms with Gasteiger partial charge in [-0.1, -0.05) is 0 Å². The largest absolute Gasteiger partial charge is 0.469 e. The van der Waals surface area contributed by atoms with Gasteiger partial charge in [-0.2, -0.15) is 0 Å². The minimum absolute atomic E-state index is 0.185. The van der Waals surface area contributed by atoms with Crippen LogP contribution in [0.3, 0.4) is 0 Å². The maximum absolute atomic E-state index is 11.1. The Hall–Kier alpha value is -1.14. The van der Waals surface area contributed by atoms with Crippen LogP contribution >= 0.6 is 11.3 Å². The number of likely N-dealkylation sites (tertiary alicyclic amines) is 1. The van der Waals surface area contributed by atoms with Crippen molar-refractivity contribution in [2.75, 3.05) is 32.6 Å². The molecule has 1 aromatic rings. The number of aromatic nitrogens is 1. The number of hydrogen-bond acceptors (Lipinski definition) is 6. The summed E-state index contributed by atoms with van der Waals surface area (Å²) in [5, 5.41) is 6.34. The number of carbonyl (C=O) groups is 1. The van der Waals surface area contributed by atoms with Crippen molar-refractivity contribution in [1.29, 1.82) is 0 Å². The number of nitrogens with one attached hydrogen (secondary N) is 1. The van der Waals surface area contributed by atoms with E-state index in [0.29, 0.717) is 18.9 Å². The van der Waals surface area contributed by atoms with Crippen molar-refractivity contribution in [1.82, 2.24) is 9.88 Å². The summed E-state index contributed by atoms with van der Waals surface area (Å²) in [6, 6.07) is 0.613. The summed E-state index contributed by atoms with van der Waals surface area (Å²) < 4.78 is 4.62. The molecule has 0 aromatic carbocycles. The molecule has 1 aliphatic heterocycles. The van der Waals surface area contributed by atoms with Gasteiger partial charge in [0.15, 0.2) is 5.13 Å². The van der Waals surface area contributed by atoms with E-state index in [4.69, 9.17) is 0 Å². The molecule has 1 N–H and O–H groups in total. The van der Waals surface area contributed by atoms with E-state index in [1.54, 1.807) is 11.3 Å². The van der Waals surface area contributed by atoms with Crippen molar-refractivity contribution in [3.05, 3.63) is 11.1 Å². The number of esters is 1. The van der Waals surface area contributed by atoms with Gasteiger partial charge in [0.2, 0.25) is 0 Å². The number of aryl methyl sites for hydroxylation is 1. The Balaban J connectivity index is 1.75. The van der Waals surface area contributed by atoms with Gasteiger partial charge in [0, 0.05) is 24.4 Å². The quantitative estimate of drug-likeness (QED) is 0.806. The van der Waals surface area contributed by atoms with Gasteiger partial charge in [-0.25, -0.2) is 4.98 Å². The minimum atomic E-state index is -0.185. The van der Waals surface area contributed by atoms with Crippen molar-refractivity contribution in [2.45, 2.75) is 31.7 Å². The van der Waals surface area contributed by atoms with Crippen LogP contribution in [0.4, 0.5) is 5.13 Å². The molecule has 1 fully saturated rings. The lowest BCUT2D eigenvalue weighted by atomic mass is 10.2. The zero-order chi connectivity index (χ0) is 13.7. The molecule has 5 nitrogen and oxygen atoms in total. The third kappa shape index (κ3) is 4.18. The van der Waals surface area contributed by atoms with Gasteiger partial charge in [0.05, 0.1) is 19.2 Å². The van der Waals surface area contributed by atoms with E-state index in [-0.39, 0.29) is 5.97 Å². The molecule has 1 unspecified atom stereocenters. The van der Waals surface area contributed by atoms with Crippen LogP contribution in [0.2, 0.25) is 0 Å². The SMILES string of the molecule is COC(=O)CCc1csc(NCC2CCCN2C)n1. The van der Waals surface area contributed by atoms with Crippen molar-refractivity contribution in [3.8, 4) is 0 Å². The molecule has 0 radical (unpaired) electrons. The summed E-state index contributed by atoms with van der Waals surface area (Å²) in [4.78, 5) is 17.9. The zero-order valence-electron chi connectivity index (χ0n) is 11.5. The van der Waals surface area contributed by atoms with Gasteiger partial charge in [-0.05, 0) is 26.4 Å². The highest BCUT2D eigenvalue weighted by atomic mass is 32.1. The lowest BCUT2D eigenvalue weighted by Crippen LogP contribution is -2.31. The average Bonchev–Trinajstić information content (AvgIpc) is 3.02. The molecule has 0 saturated carbocycles. The fourth-order valence-corrected chi connectivity index (χ4v) is 3.03. The topological polar surface area (TPSA) is 54.5 Å². The summed E-state index contributed by atoms with van der Waals surface area (Å²) in [5.74, 6) is -0.185. The molecular formula is C13H21N3O2S. The van der Waals surface area contributed by atoms with E-state index in [1.165, 1.54) is 26.5 Å². The summed E-state index contributed by atoms with van der Waals surface area (Å²) in [6.07, 6.45) is 3.58. The number of ether oxygens (including phenoxy) is 1. The molecule has 1 saturated heterocycles. The minimum Gasteiger partial charge on any atom is -0.469 e. The maximum atomic E-state index is 11.1. The monoisotopic (exact) mass is 283 g/mol. The first-order valence-corrected chi connectivity index (χ1v) is 7.52. The number of rotatable bonds is 6. The third-order valence-corrected chi connectivity index (χ3v) is 4.37. The highest BCUT2D eigenvalue weighted by Crippen LogP contribution is 2.19. The van der Waals surface area contributed by atoms with Crippen LogP contribution in [0.1, 0.15) is 25.0 Å². The van der Waals surface area contributed by atoms with Crippen molar-refractivity contribution >= 4 is 22.4 Å². The Bertz CT molecular complexity index is 422. The first-order chi connectivity index (χ1) is 9.19. The second-order valence-electron chi connectivity index (χ2n) is 4.88. The number of methoxy groups -OCH3 is 1. The van der Waals surface area contributed by atoms with E-state index in [2.05, 4.69) is 27.0 Å². The summed E-state index contributed by atoms with van der Waals surface area (Å²) in [5.41, 5.74) is 0.956. The van der Waals surface area contributed by atoms with Gasteiger partial charge in [-0.3, -0.25) is 4.79 Å². The van der Waals surface area contributed by atoms with Crippen LogP contribution in [0, 0.1) is 0 Å². The molecule has 2 rings (SSSR count). The van der Waals surface area contributed by atoms with Crippen LogP contribution in [0.5, 0.6) is 0 Å². The summed E-state index contributed by atoms with van der Waals surface area (Å²) in [7, 11) is 3.58. The predicted octanol–water partition coefficient (Wildman–Crippen LogP) is 1.75. The highest BCUT2D eigenvalue weighted by Gasteiger charge is 2.20. The predicted molar refractivity (Wildman–Crippen MR) is 76.6 cm³/mol. The number of likely N-dealkylation sites (N-methyl/N-ethyl adjacent to an activating group) is 1. The molecule has 1 aromatic heterocycles.